The predicted octanol–water partition coefficient (Wildman–Crippen LogP) is 5.11. The van der Waals surface area contributed by atoms with Crippen molar-refractivity contribution in [3.8, 4) is 11.1 Å². The van der Waals surface area contributed by atoms with E-state index in [0.29, 0.717) is 11.1 Å². The van der Waals surface area contributed by atoms with Crippen molar-refractivity contribution in [3.63, 3.8) is 0 Å². The summed E-state index contributed by atoms with van der Waals surface area (Å²) in [4.78, 5) is 24.4. The van der Waals surface area contributed by atoms with Gasteiger partial charge in [-0.15, -0.1) is 0 Å². The Balaban J connectivity index is 2.15. The molecule has 0 aromatic heterocycles. The Kier molecular flexibility index (Phi) is 3.29. The normalized spacial score (nSPS) is 13.9. The number of rotatable bonds is 1. The Labute approximate surface area is 146 Å². The first-order chi connectivity index (χ1) is 11.9. The van der Waals surface area contributed by atoms with Crippen LogP contribution in [0.3, 0.4) is 0 Å². The molecule has 3 aromatic carbocycles. The number of esters is 2. The van der Waals surface area contributed by atoms with Gasteiger partial charge in [-0.2, -0.15) is 0 Å². The van der Waals surface area contributed by atoms with Gasteiger partial charge in [0.1, 0.15) is 0 Å². The maximum absolute atomic E-state index is 12.4. The molecule has 3 aromatic rings. The van der Waals surface area contributed by atoms with Crippen LogP contribution in [0.1, 0.15) is 47.1 Å². The number of ether oxygens (including phenoxy) is 1. The first-order valence-corrected chi connectivity index (χ1v) is 8.29. The van der Waals surface area contributed by atoms with Gasteiger partial charge in [0, 0.05) is 5.56 Å². The number of hydrogen-bond donors (Lipinski definition) is 0. The van der Waals surface area contributed by atoms with E-state index >= 15 is 0 Å². The fraction of sp³-hybridized carbons (Fsp3) is 0.182. The summed E-state index contributed by atoms with van der Waals surface area (Å²) in [6.07, 6.45) is 0. The first kappa shape index (κ1) is 15.6. The summed E-state index contributed by atoms with van der Waals surface area (Å²) in [6.45, 7) is 6.46. The lowest BCUT2D eigenvalue weighted by molar-refractivity contribution is 0.0444. The van der Waals surface area contributed by atoms with E-state index in [1.165, 1.54) is 5.56 Å². The summed E-state index contributed by atoms with van der Waals surface area (Å²) < 4.78 is 4.88. The van der Waals surface area contributed by atoms with Gasteiger partial charge in [0.2, 0.25) is 0 Å². The van der Waals surface area contributed by atoms with Crippen LogP contribution in [-0.2, 0) is 10.2 Å². The summed E-state index contributed by atoms with van der Waals surface area (Å²) in [5.74, 6) is -1.14. The summed E-state index contributed by atoms with van der Waals surface area (Å²) in [5.41, 5.74) is 3.55. The van der Waals surface area contributed by atoms with Crippen molar-refractivity contribution in [1.29, 1.82) is 0 Å². The van der Waals surface area contributed by atoms with E-state index in [9.17, 15) is 9.59 Å². The molecule has 25 heavy (non-hydrogen) atoms. The molecule has 1 aliphatic heterocycles. The first-order valence-electron chi connectivity index (χ1n) is 8.29. The Morgan fingerprint density at radius 2 is 1.52 bits per heavy atom. The molecule has 1 heterocycles. The fourth-order valence-corrected chi connectivity index (χ4v) is 3.33. The minimum Gasteiger partial charge on any atom is -0.386 e. The number of fused-ring (bicyclic) bond motifs is 2. The number of benzene rings is 3. The van der Waals surface area contributed by atoms with Gasteiger partial charge in [-0.1, -0.05) is 63.2 Å². The van der Waals surface area contributed by atoms with Gasteiger partial charge in [-0.25, -0.2) is 9.59 Å². The third kappa shape index (κ3) is 2.43. The van der Waals surface area contributed by atoms with Gasteiger partial charge in [0.25, 0.3) is 0 Å². The molecular weight excluding hydrogens is 312 g/mol. The predicted molar refractivity (Wildman–Crippen MR) is 97.8 cm³/mol. The maximum atomic E-state index is 12.4. The lowest BCUT2D eigenvalue weighted by Crippen LogP contribution is -2.11. The van der Waals surface area contributed by atoms with Crippen molar-refractivity contribution in [2.75, 3.05) is 0 Å². The van der Waals surface area contributed by atoms with Crippen molar-refractivity contribution in [2.24, 2.45) is 0 Å². The number of carbonyl (C=O) groups is 2. The second-order valence-corrected chi connectivity index (χ2v) is 7.40. The highest BCUT2D eigenvalue weighted by atomic mass is 16.6. The minimum atomic E-state index is -0.570. The molecule has 0 saturated heterocycles. The van der Waals surface area contributed by atoms with Crippen LogP contribution in [0.4, 0.5) is 0 Å². The number of hydrogen-bond acceptors (Lipinski definition) is 3. The standard InChI is InChI=1S/C22H18O3/c1-22(2,3)15-10-9-14-11-17-19(21(24)25-20(17)23)18(16(14)12-15)13-7-5-4-6-8-13/h4-12H,1-3H3. The van der Waals surface area contributed by atoms with E-state index < -0.39 is 11.9 Å². The van der Waals surface area contributed by atoms with Crippen LogP contribution in [0, 0.1) is 0 Å². The number of carbonyl (C=O) groups excluding carboxylic acids is 2. The van der Waals surface area contributed by atoms with Gasteiger partial charge >= 0.3 is 11.9 Å². The molecule has 0 atom stereocenters. The van der Waals surface area contributed by atoms with Crippen LogP contribution in [0.25, 0.3) is 21.9 Å². The third-order valence-electron chi connectivity index (χ3n) is 4.68. The van der Waals surface area contributed by atoms with E-state index in [1.807, 2.05) is 36.4 Å². The van der Waals surface area contributed by atoms with Crippen LogP contribution in [0.15, 0.2) is 54.6 Å². The van der Waals surface area contributed by atoms with E-state index in [-0.39, 0.29) is 5.41 Å². The lowest BCUT2D eigenvalue weighted by atomic mass is 9.83. The average Bonchev–Trinajstić information content (AvgIpc) is 2.86. The Hall–Kier alpha value is -2.94. The number of cyclic esters (lactones) is 2. The summed E-state index contributed by atoms with van der Waals surface area (Å²) in [5, 5.41) is 1.89. The minimum absolute atomic E-state index is 0.0164. The van der Waals surface area contributed by atoms with Crippen LogP contribution >= 0.6 is 0 Å². The van der Waals surface area contributed by atoms with Crippen molar-refractivity contribution in [1.82, 2.24) is 0 Å². The monoisotopic (exact) mass is 330 g/mol. The molecule has 0 bridgehead atoms. The molecular formula is C22H18O3. The molecule has 0 N–H and O–H groups in total. The second-order valence-electron chi connectivity index (χ2n) is 7.40. The van der Waals surface area contributed by atoms with Crippen LogP contribution in [0.2, 0.25) is 0 Å². The van der Waals surface area contributed by atoms with Gasteiger partial charge in [-0.05, 0) is 39.4 Å². The molecule has 1 aliphatic rings. The molecule has 124 valence electrons. The Morgan fingerprint density at radius 3 is 2.20 bits per heavy atom. The van der Waals surface area contributed by atoms with Crippen molar-refractivity contribution < 1.29 is 14.3 Å². The SMILES string of the molecule is CC(C)(C)c1ccc2cc3c(c(-c4ccccc4)c2c1)C(=O)OC3=O. The summed E-state index contributed by atoms with van der Waals surface area (Å²) >= 11 is 0. The lowest BCUT2D eigenvalue weighted by Gasteiger charge is -2.21. The molecule has 4 rings (SSSR count). The van der Waals surface area contributed by atoms with Gasteiger partial charge in [0.15, 0.2) is 0 Å². The van der Waals surface area contributed by atoms with E-state index in [2.05, 4.69) is 32.9 Å². The molecule has 0 spiro atoms. The molecule has 0 radical (unpaired) electrons. The highest BCUT2D eigenvalue weighted by Gasteiger charge is 2.34. The van der Waals surface area contributed by atoms with Crippen LogP contribution in [-0.4, -0.2) is 11.9 Å². The quantitative estimate of drug-likeness (QED) is 0.460. The topological polar surface area (TPSA) is 43.4 Å². The zero-order valence-corrected chi connectivity index (χ0v) is 14.4. The van der Waals surface area contributed by atoms with Crippen molar-refractivity contribution in [3.05, 3.63) is 71.3 Å². The largest absolute Gasteiger partial charge is 0.386 e. The van der Waals surface area contributed by atoms with E-state index in [1.54, 1.807) is 6.07 Å². The summed E-state index contributed by atoms with van der Waals surface area (Å²) in [6, 6.07) is 17.7. The second kappa shape index (κ2) is 5.28. The third-order valence-corrected chi connectivity index (χ3v) is 4.68. The molecule has 3 nitrogen and oxygen atoms in total. The van der Waals surface area contributed by atoms with Gasteiger partial charge in [-0.3, -0.25) is 0 Å². The van der Waals surface area contributed by atoms with Crippen LogP contribution < -0.4 is 0 Å². The molecule has 0 aliphatic carbocycles. The molecule has 0 unspecified atom stereocenters. The van der Waals surface area contributed by atoms with Gasteiger partial charge < -0.3 is 4.74 Å². The summed E-state index contributed by atoms with van der Waals surface area (Å²) in [7, 11) is 0. The molecule has 0 amide bonds. The zero-order valence-electron chi connectivity index (χ0n) is 14.4. The zero-order chi connectivity index (χ0) is 17.8. The van der Waals surface area contributed by atoms with E-state index in [0.717, 1.165) is 21.9 Å². The maximum Gasteiger partial charge on any atom is 0.347 e. The molecule has 3 heteroatoms. The smallest absolute Gasteiger partial charge is 0.347 e. The van der Waals surface area contributed by atoms with Crippen molar-refractivity contribution in [2.45, 2.75) is 26.2 Å². The Bertz CT molecular complexity index is 1020. The highest BCUT2D eigenvalue weighted by molar-refractivity contribution is 6.22. The highest BCUT2D eigenvalue weighted by Crippen LogP contribution is 2.39. The Morgan fingerprint density at radius 1 is 0.800 bits per heavy atom. The fourth-order valence-electron chi connectivity index (χ4n) is 3.33. The van der Waals surface area contributed by atoms with Crippen LogP contribution in [0.5, 0.6) is 0 Å². The van der Waals surface area contributed by atoms with Crippen molar-refractivity contribution >= 4 is 22.7 Å². The molecule has 0 fully saturated rings. The van der Waals surface area contributed by atoms with E-state index in [4.69, 9.17) is 4.74 Å². The average molecular weight is 330 g/mol. The molecule has 0 saturated carbocycles. The van der Waals surface area contributed by atoms with Gasteiger partial charge in [0.05, 0.1) is 11.1 Å².